The highest BCUT2D eigenvalue weighted by atomic mass is 16.5. The van der Waals surface area contributed by atoms with E-state index in [2.05, 4.69) is 72.8 Å². The number of aliphatic carboxylic acids is 1. The summed E-state index contributed by atoms with van der Waals surface area (Å²) in [5.41, 5.74) is 7.81. The first-order valence-electron chi connectivity index (χ1n) is 12.6. The van der Waals surface area contributed by atoms with Crippen LogP contribution in [0.1, 0.15) is 56.2 Å². The molecular formula is C29H39N3O3. The molecule has 0 bridgehead atoms. The lowest BCUT2D eigenvalue weighted by Gasteiger charge is -2.36. The van der Waals surface area contributed by atoms with E-state index in [0.717, 1.165) is 66.1 Å². The van der Waals surface area contributed by atoms with Gasteiger partial charge in [0.25, 0.3) is 0 Å². The van der Waals surface area contributed by atoms with Gasteiger partial charge in [-0.2, -0.15) is 0 Å². The highest BCUT2D eigenvalue weighted by molar-refractivity contribution is 6.07. The molecule has 0 amide bonds. The maximum absolute atomic E-state index is 12.7. The Hall–Kier alpha value is -2.83. The van der Waals surface area contributed by atoms with Crippen LogP contribution < -0.4 is 10.2 Å². The second-order valence-electron chi connectivity index (χ2n) is 10.6. The normalized spacial score (nSPS) is 14.5. The largest absolute Gasteiger partial charge is 0.479 e. The van der Waals surface area contributed by atoms with Crippen LogP contribution in [0.4, 0.5) is 5.69 Å². The summed E-state index contributed by atoms with van der Waals surface area (Å²) in [4.78, 5) is 15.1. The topological polar surface area (TPSA) is 66.7 Å². The number of hydrogen-bond acceptors (Lipinski definition) is 4. The Labute approximate surface area is 208 Å². The number of aryl methyl sites for hydroxylation is 2. The van der Waals surface area contributed by atoms with Gasteiger partial charge in [-0.15, -0.1) is 0 Å². The monoisotopic (exact) mass is 477 g/mol. The number of benzene rings is 2. The molecule has 0 unspecified atom stereocenters. The van der Waals surface area contributed by atoms with Crippen molar-refractivity contribution in [1.29, 1.82) is 0 Å². The van der Waals surface area contributed by atoms with Crippen LogP contribution in [0, 0.1) is 20.8 Å². The van der Waals surface area contributed by atoms with Gasteiger partial charge in [0.15, 0.2) is 6.10 Å². The molecule has 0 fully saturated rings. The second kappa shape index (κ2) is 9.67. The average Bonchev–Trinajstić information content (AvgIpc) is 3.11. The third kappa shape index (κ3) is 4.82. The summed E-state index contributed by atoms with van der Waals surface area (Å²) in [7, 11) is 0. The molecule has 0 aliphatic carbocycles. The Morgan fingerprint density at radius 2 is 1.83 bits per heavy atom. The van der Waals surface area contributed by atoms with E-state index in [-0.39, 0.29) is 0 Å². The quantitative estimate of drug-likeness (QED) is 0.413. The minimum Gasteiger partial charge on any atom is -0.479 e. The Morgan fingerprint density at radius 1 is 1.14 bits per heavy atom. The first-order chi connectivity index (χ1) is 16.5. The van der Waals surface area contributed by atoms with Gasteiger partial charge >= 0.3 is 5.97 Å². The Kier molecular flexibility index (Phi) is 6.98. The van der Waals surface area contributed by atoms with E-state index >= 15 is 0 Å². The number of carbonyl (C=O) groups is 1. The number of likely N-dealkylation sites (N-methyl/N-ethyl adjacent to an activating group) is 1. The Balaban J connectivity index is 2.07. The minimum atomic E-state index is -1.08. The van der Waals surface area contributed by atoms with Crippen LogP contribution in [0.25, 0.3) is 22.0 Å². The van der Waals surface area contributed by atoms with E-state index < -0.39 is 17.7 Å². The minimum absolute atomic E-state index is 0.612. The van der Waals surface area contributed by atoms with Crippen molar-refractivity contribution in [3.8, 4) is 11.1 Å². The highest BCUT2D eigenvalue weighted by Gasteiger charge is 2.35. The fourth-order valence-corrected chi connectivity index (χ4v) is 5.33. The molecule has 2 heterocycles. The first kappa shape index (κ1) is 25.3. The van der Waals surface area contributed by atoms with Gasteiger partial charge in [-0.1, -0.05) is 36.8 Å². The summed E-state index contributed by atoms with van der Waals surface area (Å²) in [6.07, 6.45) is -1.08. The van der Waals surface area contributed by atoms with E-state index in [1.807, 2.05) is 20.8 Å². The highest BCUT2D eigenvalue weighted by Crippen LogP contribution is 2.47. The molecule has 0 saturated heterocycles. The predicted molar refractivity (Wildman–Crippen MR) is 144 cm³/mol. The lowest BCUT2D eigenvalue weighted by atomic mass is 9.87. The molecule has 6 heteroatoms. The van der Waals surface area contributed by atoms with Gasteiger partial charge < -0.3 is 24.6 Å². The zero-order valence-corrected chi connectivity index (χ0v) is 22.2. The molecule has 35 heavy (non-hydrogen) atoms. The summed E-state index contributed by atoms with van der Waals surface area (Å²) >= 11 is 0. The van der Waals surface area contributed by atoms with E-state index in [9.17, 15) is 9.90 Å². The van der Waals surface area contributed by atoms with Gasteiger partial charge in [-0.3, -0.25) is 0 Å². The molecule has 1 atom stereocenters. The number of carboxylic acids is 1. The molecule has 6 nitrogen and oxygen atoms in total. The van der Waals surface area contributed by atoms with Crippen molar-refractivity contribution >= 4 is 22.6 Å². The second-order valence-corrected chi connectivity index (χ2v) is 10.6. The molecule has 0 radical (unpaired) electrons. The van der Waals surface area contributed by atoms with Crippen molar-refractivity contribution in [2.24, 2.45) is 0 Å². The Bertz CT molecular complexity index is 1240. The summed E-state index contributed by atoms with van der Waals surface area (Å²) in [6, 6.07) is 10.6. The maximum atomic E-state index is 12.7. The maximum Gasteiger partial charge on any atom is 0.337 e. The summed E-state index contributed by atoms with van der Waals surface area (Å²) in [5.74, 6) is -0.964. The standard InChI is InChI=1S/C29H39N3O3/c1-8-30-13-14-31-15-16-32-19(3)17-22-24(21-11-9-18(2)10-12-21)23(20(4)25(31)26(22)32)27(28(33)34)35-29(5,6)7/h9-12,17,27,30H,8,13-16H2,1-7H3,(H,33,34)/t27-/m0/s1. The summed E-state index contributed by atoms with van der Waals surface area (Å²) in [6.45, 7) is 18.6. The molecule has 1 aliphatic rings. The number of anilines is 1. The number of ether oxygens (including phenoxy) is 1. The van der Waals surface area contributed by atoms with Gasteiger partial charge in [0.1, 0.15) is 0 Å². The number of rotatable bonds is 8. The van der Waals surface area contributed by atoms with Gasteiger partial charge in [-0.05, 0) is 70.8 Å². The van der Waals surface area contributed by atoms with Crippen LogP contribution >= 0.6 is 0 Å². The molecule has 4 rings (SSSR count). The van der Waals surface area contributed by atoms with Crippen LogP contribution in [-0.2, 0) is 16.1 Å². The van der Waals surface area contributed by atoms with Crippen LogP contribution in [0.5, 0.6) is 0 Å². The van der Waals surface area contributed by atoms with Crippen molar-refractivity contribution in [2.45, 2.75) is 66.7 Å². The van der Waals surface area contributed by atoms with Crippen molar-refractivity contribution in [3.05, 3.63) is 52.7 Å². The van der Waals surface area contributed by atoms with Crippen molar-refractivity contribution in [1.82, 2.24) is 9.88 Å². The van der Waals surface area contributed by atoms with Crippen molar-refractivity contribution < 1.29 is 14.6 Å². The summed E-state index contributed by atoms with van der Waals surface area (Å²) in [5, 5.41) is 15.0. The molecule has 0 saturated carbocycles. The zero-order chi connectivity index (χ0) is 25.5. The smallest absolute Gasteiger partial charge is 0.337 e. The third-order valence-corrected chi connectivity index (χ3v) is 6.84. The van der Waals surface area contributed by atoms with Crippen LogP contribution in [-0.4, -0.2) is 47.4 Å². The zero-order valence-electron chi connectivity index (χ0n) is 22.2. The van der Waals surface area contributed by atoms with E-state index in [1.165, 1.54) is 16.8 Å². The third-order valence-electron chi connectivity index (χ3n) is 6.84. The molecule has 2 aromatic carbocycles. The SMILES string of the molecule is CCNCCN1CCn2c(C)cc3c(-c4ccc(C)cc4)c([C@H](OC(C)(C)C)C(=O)O)c(C)c1c32. The molecule has 0 spiro atoms. The predicted octanol–water partition coefficient (Wildman–Crippen LogP) is 5.60. The summed E-state index contributed by atoms with van der Waals surface area (Å²) < 4.78 is 8.64. The lowest BCUT2D eigenvalue weighted by molar-refractivity contribution is -0.160. The molecule has 3 aromatic rings. The molecule has 1 aromatic heterocycles. The van der Waals surface area contributed by atoms with Gasteiger partial charge in [0.05, 0.1) is 16.8 Å². The fourth-order valence-electron chi connectivity index (χ4n) is 5.33. The number of nitrogens with zero attached hydrogens (tertiary/aromatic N) is 2. The number of carboxylic acid groups (broad SMARTS) is 1. The van der Waals surface area contributed by atoms with Crippen LogP contribution in [0.2, 0.25) is 0 Å². The number of hydrogen-bond donors (Lipinski definition) is 2. The van der Waals surface area contributed by atoms with Crippen LogP contribution in [0.3, 0.4) is 0 Å². The van der Waals surface area contributed by atoms with Gasteiger partial charge in [0, 0.05) is 42.8 Å². The van der Waals surface area contributed by atoms with Crippen molar-refractivity contribution in [2.75, 3.05) is 31.1 Å². The average molecular weight is 478 g/mol. The molecule has 188 valence electrons. The lowest BCUT2D eigenvalue weighted by Crippen LogP contribution is -2.38. The van der Waals surface area contributed by atoms with E-state index in [0.29, 0.717) is 0 Å². The van der Waals surface area contributed by atoms with E-state index in [1.54, 1.807) is 0 Å². The van der Waals surface area contributed by atoms with E-state index in [4.69, 9.17) is 4.74 Å². The van der Waals surface area contributed by atoms with Crippen molar-refractivity contribution in [3.63, 3.8) is 0 Å². The Morgan fingerprint density at radius 3 is 2.43 bits per heavy atom. The van der Waals surface area contributed by atoms with Gasteiger partial charge in [0.2, 0.25) is 0 Å². The molecule has 2 N–H and O–H groups in total. The van der Waals surface area contributed by atoms with Gasteiger partial charge in [-0.25, -0.2) is 4.79 Å². The number of nitrogens with one attached hydrogen (secondary N) is 1. The molecular weight excluding hydrogens is 438 g/mol. The number of aromatic nitrogens is 1. The first-order valence-corrected chi connectivity index (χ1v) is 12.6. The fraction of sp³-hybridized carbons (Fsp3) is 0.483. The molecule has 1 aliphatic heterocycles. The van der Waals surface area contributed by atoms with Crippen LogP contribution in [0.15, 0.2) is 30.3 Å².